The number of aryl methyl sites for hydroxylation is 1. The zero-order valence-electron chi connectivity index (χ0n) is 15.4. The summed E-state index contributed by atoms with van der Waals surface area (Å²) in [6, 6.07) is 20.8. The highest BCUT2D eigenvalue weighted by Gasteiger charge is 2.16. The van der Waals surface area contributed by atoms with Crippen molar-refractivity contribution >= 4 is 23.6 Å². The standard InChI is InChI=1S/C22H20N2O3S/c1-16-9-11-17(12-10-16)14-24-20(25)15-27-22(26)19-8-5-13-23-21(19)28-18-6-3-2-4-7-18/h2-13H,14-15H2,1H3,(H,24,25). The molecule has 3 rings (SSSR count). The fraction of sp³-hybridized carbons (Fsp3) is 0.136. The van der Waals surface area contributed by atoms with Crippen molar-refractivity contribution in [3.63, 3.8) is 0 Å². The fourth-order valence-corrected chi connectivity index (χ4v) is 3.29. The molecule has 1 amide bonds. The van der Waals surface area contributed by atoms with Gasteiger partial charge in [0.05, 0.1) is 5.56 Å². The van der Waals surface area contributed by atoms with E-state index in [1.807, 2.05) is 61.5 Å². The van der Waals surface area contributed by atoms with Crippen LogP contribution in [0.2, 0.25) is 0 Å². The molecule has 0 fully saturated rings. The van der Waals surface area contributed by atoms with Crippen LogP contribution in [0.25, 0.3) is 0 Å². The van der Waals surface area contributed by atoms with E-state index in [-0.39, 0.29) is 12.5 Å². The number of esters is 1. The maximum Gasteiger partial charge on any atom is 0.341 e. The predicted octanol–water partition coefficient (Wildman–Crippen LogP) is 4.01. The van der Waals surface area contributed by atoms with Gasteiger partial charge in [0.15, 0.2) is 6.61 Å². The van der Waals surface area contributed by atoms with Crippen molar-refractivity contribution in [3.8, 4) is 0 Å². The number of nitrogens with one attached hydrogen (secondary N) is 1. The van der Waals surface area contributed by atoms with Crippen LogP contribution in [0.5, 0.6) is 0 Å². The van der Waals surface area contributed by atoms with Crippen LogP contribution in [-0.4, -0.2) is 23.5 Å². The quantitative estimate of drug-likeness (QED) is 0.615. The molecule has 5 nitrogen and oxygen atoms in total. The van der Waals surface area contributed by atoms with E-state index >= 15 is 0 Å². The second-order valence-electron chi connectivity index (χ2n) is 6.11. The van der Waals surface area contributed by atoms with Gasteiger partial charge < -0.3 is 10.1 Å². The van der Waals surface area contributed by atoms with Crippen molar-refractivity contribution in [1.82, 2.24) is 10.3 Å². The van der Waals surface area contributed by atoms with E-state index in [0.717, 1.165) is 16.0 Å². The van der Waals surface area contributed by atoms with E-state index in [1.165, 1.54) is 11.8 Å². The highest BCUT2D eigenvalue weighted by Crippen LogP contribution is 2.28. The second-order valence-corrected chi connectivity index (χ2v) is 7.17. The summed E-state index contributed by atoms with van der Waals surface area (Å²) in [6.07, 6.45) is 1.62. The Balaban J connectivity index is 1.54. The Morgan fingerprint density at radius 2 is 1.75 bits per heavy atom. The number of carbonyl (C=O) groups excluding carboxylic acids is 2. The van der Waals surface area contributed by atoms with Gasteiger partial charge in [-0.05, 0) is 36.8 Å². The second kappa shape index (κ2) is 9.71. The fourth-order valence-electron chi connectivity index (χ4n) is 2.39. The van der Waals surface area contributed by atoms with Crippen molar-refractivity contribution in [1.29, 1.82) is 0 Å². The Morgan fingerprint density at radius 3 is 2.50 bits per heavy atom. The number of aromatic nitrogens is 1. The van der Waals surface area contributed by atoms with E-state index in [1.54, 1.807) is 18.3 Å². The lowest BCUT2D eigenvalue weighted by Crippen LogP contribution is -2.28. The molecule has 2 aromatic carbocycles. The third-order valence-corrected chi connectivity index (χ3v) is 4.92. The first-order valence-corrected chi connectivity index (χ1v) is 9.61. The van der Waals surface area contributed by atoms with Gasteiger partial charge in [0.25, 0.3) is 5.91 Å². The zero-order valence-corrected chi connectivity index (χ0v) is 16.2. The maximum absolute atomic E-state index is 12.4. The molecule has 0 spiro atoms. The first-order chi connectivity index (χ1) is 13.6. The van der Waals surface area contributed by atoms with Crippen molar-refractivity contribution in [2.24, 2.45) is 0 Å². The lowest BCUT2D eigenvalue weighted by molar-refractivity contribution is -0.124. The Kier molecular flexibility index (Phi) is 6.81. The van der Waals surface area contributed by atoms with Crippen molar-refractivity contribution in [2.45, 2.75) is 23.4 Å². The summed E-state index contributed by atoms with van der Waals surface area (Å²) in [5.74, 6) is -0.924. The number of ether oxygens (including phenoxy) is 1. The molecule has 0 saturated heterocycles. The van der Waals surface area contributed by atoms with Crippen LogP contribution in [0.1, 0.15) is 21.5 Å². The molecule has 1 aromatic heterocycles. The maximum atomic E-state index is 12.4. The summed E-state index contributed by atoms with van der Waals surface area (Å²) >= 11 is 1.37. The molecule has 3 aromatic rings. The van der Waals surface area contributed by atoms with Crippen LogP contribution in [-0.2, 0) is 16.1 Å². The van der Waals surface area contributed by atoms with E-state index in [2.05, 4.69) is 10.3 Å². The Morgan fingerprint density at radius 1 is 1.00 bits per heavy atom. The number of amides is 1. The topological polar surface area (TPSA) is 68.3 Å². The van der Waals surface area contributed by atoms with Gasteiger partial charge in [-0.2, -0.15) is 0 Å². The molecule has 0 aliphatic rings. The molecule has 0 saturated carbocycles. The van der Waals surface area contributed by atoms with Gasteiger partial charge in [-0.1, -0.05) is 59.8 Å². The van der Waals surface area contributed by atoms with Gasteiger partial charge in [0, 0.05) is 17.6 Å². The Hall–Kier alpha value is -3.12. The summed E-state index contributed by atoms with van der Waals surface area (Å²) in [5.41, 5.74) is 2.48. The van der Waals surface area contributed by atoms with Gasteiger partial charge in [0.1, 0.15) is 5.03 Å². The van der Waals surface area contributed by atoms with Crippen LogP contribution in [0.15, 0.2) is 82.8 Å². The number of pyridine rings is 1. The minimum absolute atomic E-state index is 0.336. The summed E-state index contributed by atoms with van der Waals surface area (Å²) in [5, 5.41) is 3.28. The highest BCUT2D eigenvalue weighted by molar-refractivity contribution is 7.99. The first-order valence-electron chi connectivity index (χ1n) is 8.79. The van der Waals surface area contributed by atoms with Gasteiger partial charge >= 0.3 is 5.97 Å². The number of carbonyl (C=O) groups is 2. The number of hydrogen-bond donors (Lipinski definition) is 1. The van der Waals surface area contributed by atoms with Crippen molar-refractivity contribution in [2.75, 3.05) is 6.61 Å². The minimum atomic E-state index is -0.572. The molecular weight excluding hydrogens is 372 g/mol. The molecule has 0 aliphatic carbocycles. The monoisotopic (exact) mass is 392 g/mol. The van der Waals surface area contributed by atoms with Crippen molar-refractivity contribution in [3.05, 3.63) is 89.6 Å². The van der Waals surface area contributed by atoms with E-state index in [0.29, 0.717) is 17.1 Å². The van der Waals surface area contributed by atoms with E-state index in [4.69, 9.17) is 4.74 Å². The molecule has 0 radical (unpaired) electrons. The summed E-state index contributed by atoms with van der Waals surface area (Å²) < 4.78 is 5.17. The average Bonchev–Trinajstić information content (AvgIpc) is 2.73. The zero-order chi connectivity index (χ0) is 19.8. The normalized spacial score (nSPS) is 10.3. The number of hydrogen-bond acceptors (Lipinski definition) is 5. The molecule has 0 unspecified atom stereocenters. The highest BCUT2D eigenvalue weighted by atomic mass is 32.2. The predicted molar refractivity (Wildman–Crippen MR) is 108 cm³/mol. The van der Waals surface area contributed by atoms with Crippen LogP contribution >= 0.6 is 11.8 Å². The van der Waals surface area contributed by atoms with Gasteiger partial charge in [0.2, 0.25) is 0 Å². The van der Waals surface area contributed by atoms with Gasteiger partial charge in [-0.3, -0.25) is 4.79 Å². The summed E-state index contributed by atoms with van der Waals surface area (Å²) in [6.45, 7) is 2.05. The minimum Gasteiger partial charge on any atom is -0.452 e. The molecule has 6 heteroatoms. The van der Waals surface area contributed by atoms with Crippen LogP contribution in [0.4, 0.5) is 0 Å². The number of rotatable bonds is 7. The van der Waals surface area contributed by atoms with Crippen LogP contribution < -0.4 is 5.32 Å². The summed E-state index contributed by atoms with van der Waals surface area (Å²) in [4.78, 5) is 29.6. The van der Waals surface area contributed by atoms with Crippen LogP contribution in [0, 0.1) is 6.92 Å². The molecule has 28 heavy (non-hydrogen) atoms. The smallest absolute Gasteiger partial charge is 0.341 e. The molecule has 142 valence electrons. The lowest BCUT2D eigenvalue weighted by atomic mass is 10.1. The van der Waals surface area contributed by atoms with Gasteiger partial charge in [-0.15, -0.1) is 0 Å². The summed E-state index contributed by atoms with van der Waals surface area (Å²) in [7, 11) is 0. The molecule has 1 N–H and O–H groups in total. The molecule has 0 atom stereocenters. The molecule has 0 bridgehead atoms. The van der Waals surface area contributed by atoms with E-state index < -0.39 is 5.97 Å². The SMILES string of the molecule is Cc1ccc(CNC(=O)COC(=O)c2cccnc2Sc2ccccc2)cc1. The third-order valence-electron chi connectivity index (χ3n) is 3.89. The average molecular weight is 392 g/mol. The largest absolute Gasteiger partial charge is 0.452 e. The Labute approximate surface area is 168 Å². The van der Waals surface area contributed by atoms with Crippen molar-refractivity contribution < 1.29 is 14.3 Å². The molecule has 0 aliphatic heterocycles. The molecule has 1 heterocycles. The third kappa shape index (κ3) is 5.69. The van der Waals surface area contributed by atoms with Gasteiger partial charge in [-0.25, -0.2) is 9.78 Å². The lowest BCUT2D eigenvalue weighted by Gasteiger charge is -2.09. The van der Waals surface area contributed by atoms with E-state index in [9.17, 15) is 9.59 Å². The van der Waals surface area contributed by atoms with Crippen LogP contribution in [0.3, 0.4) is 0 Å². The molecular formula is C22H20N2O3S. The number of benzene rings is 2. The first kappa shape index (κ1) is 19.6. The Bertz CT molecular complexity index is 944. The number of nitrogens with zero attached hydrogens (tertiary/aromatic N) is 1.